The first-order chi connectivity index (χ1) is 17.7. The molecule has 0 radical (unpaired) electrons. The van der Waals surface area contributed by atoms with Crippen LogP contribution in [0.2, 0.25) is 0 Å². The number of hydrogen-bond acceptors (Lipinski definition) is 0. The number of hydrogen-bond donors (Lipinski definition) is 0. The van der Waals surface area contributed by atoms with Crippen LogP contribution in [-0.2, 0) is 21.3 Å². The minimum atomic E-state index is -2.21. The quantitative estimate of drug-likeness (QED) is 0.275. The zero-order valence-electron chi connectivity index (χ0n) is 21.5. The molecule has 0 spiro atoms. The fourth-order valence-corrected chi connectivity index (χ4v) is 14.9. The van der Waals surface area contributed by atoms with Crippen LogP contribution in [0.5, 0.6) is 0 Å². The summed E-state index contributed by atoms with van der Waals surface area (Å²) in [4.78, 5) is 0. The summed E-state index contributed by atoms with van der Waals surface area (Å²) in [5.41, 5.74) is 8.65. The maximum absolute atomic E-state index is 2.56. The zero-order chi connectivity index (χ0) is 24.2. The van der Waals surface area contributed by atoms with Crippen molar-refractivity contribution in [1.29, 1.82) is 0 Å². The minimum Gasteiger partial charge on any atom is -1.00 e. The van der Waals surface area contributed by atoms with Crippen LogP contribution < -0.4 is 24.8 Å². The summed E-state index contributed by atoms with van der Waals surface area (Å²) in [6.45, 7) is 4.83. The van der Waals surface area contributed by atoms with E-state index in [2.05, 4.69) is 135 Å². The van der Waals surface area contributed by atoms with Crippen molar-refractivity contribution in [3.8, 4) is 11.1 Å². The van der Waals surface area contributed by atoms with Crippen LogP contribution in [0, 0.1) is 0 Å². The molecule has 0 saturated carbocycles. The van der Waals surface area contributed by atoms with E-state index in [4.69, 9.17) is 0 Å². The molecule has 5 aromatic rings. The first-order valence-corrected chi connectivity index (χ1v) is 16.9. The monoisotopic (exact) mass is 608 g/mol. The van der Waals surface area contributed by atoms with E-state index in [1.54, 1.807) is 14.3 Å². The van der Waals surface area contributed by atoms with Crippen LogP contribution in [0.4, 0.5) is 0 Å². The van der Waals surface area contributed by atoms with Crippen LogP contribution in [0.1, 0.15) is 43.4 Å². The fourth-order valence-electron chi connectivity index (χ4n) is 6.47. The first kappa shape index (κ1) is 27.0. The average molecular weight is 611 g/mol. The molecule has 38 heavy (non-hydrogen) atoms. The Morgan fingerprint density at radius 3 is 2.16 bits per heavy atom. The largest absolute Gasteiger partial charge is 1.00 e. The van der Waals surface area contributed by atoms with Gasteiger partial charge in [0.05, 0.1) is 0 Å². The van der Waals surface area contributed by atoms with Gasteiger partial charge in [0.25, 0.3) is 0 Å². The molecule has 0 aromatic heterocycles. The van der Waals surface area contributed by atoms with E-state index in [-0.39, 0.29) is 24.8 Å². The zero-order valence-corrected chi connectivity index (χ0v) is 25.4. The van der Waals surface area contributed by atoms with Crippen LogP contribution in [0.3, 0.4) is 0 Å². The van der Waals surface area contributed by atoms with Crippen LogP contribution in [0.25, 0.3) is 44.8 Å². The molecule has 0 nitrogen and oxygen atoms in total. The van der Waals surface area contributed by atoms with E-state index in [1.807, 2.05) is 0 Å². The van der Waals surface area contributed by atoms with Crippen molar-refractivity contribution in [3.05, 3.63) is 131 Å². The van der Waals surface area contributed by atoms with Gasteiger partial charge in [-0.05, 0) is 0 Å². The van der Waals surface area contributed by atoms with E-state index < -0.39 is 21.3 Å². The van der Waals surface area contributed by atoms with Gasteiger partial charge in [0.15, 0.2) is 0 Å². The summed E-state index contributed by atoms with van der Waals surface area (Å²) in [5.74, 6) is 0. The smallest absolute Gasteiger partial charge is 1.00 e. The molecule has 0 amide bonds. The van der Waals surface area contributed by atoms with Crippen molar-refractivity contribution < 1.29 is 46.1 Å². The maximum atomic E-state index is 2.56. The average Bonchev–Trinajstić information content (AvgIpc) is 3.54. The molecule has 7 rings (SSSR count). The molecule has 2 unspecified atom stereocenters. The van der Waals surface area contributed by atoms with Gasteiger partial charge in [-0.25, -0.2) is 0 Å². The summed E-state index contributed by atoms with van der Waals surface area (Å²) >= 11 is -2.21. The van der Waals surface area contributed by atoms with E-state index >= 15 is 0 Å². The van der Waals surface area contributed by atoms with Gasteiger partial charge in [0.1, 0.15) is 0 Å². The molecule has 3 heteroatoms. The van der Waals surface area contributed by atoms with Crippen LogP contribution >= 0.6 is 0 Å². The molecule has 0 N–H and O–H groups in total. The molecule has 0 heterocycles. The molecule has 5 aromatic carbocycles. The third-order valence-corrected chi connectivity index (χ3v) is 16.6. The summed E-state index contributed by atoms with van der Waals surface area (Å²) < 4.78 is 2.79. The Morgan fingerprint density at radius 2 is 1.34 bits per heavy atom. The number of benzene rings is 5. The second-order valence-corrected chi connectivity index (χ2v) is 18.0. The minimum absolute atomic E-state index is 0. The predicted octanol–water partition coefficient (Wildman–Crippen LogP) is 3.33. The molecule has 2 aliphatic carbocycles. The van der Waals surface area contributed by atoms with Crippen molar-refractivity contribution in [2.45, 2.75) is 21.1 Å². The van der Waals surface area contributed by atoms with E-state index in [9.17, 15) is 0 Å². The van der Waals surface area contributed by atoms with Gasteiger partial charge in [0.2, 0.25) is 0 Å². The second kappa shape index (κ2) is 10.9. The van der Waals surface area contributed by atoms with Crippen molar-refractivity contribution in [2.24, 2.45) is 0 Å². The van der Waals surface area contributed by atoms with Gasteiger partial charge in [-0.1, -0.05) is 0 Å². The Bertz CT molecular complexity index is 1760. The molecule has 0 aliphatic heterocycles. The third kappa shape index (κ3) is 4.30. The predicted molar refractivity (Wildman–Crippen MR) is 153 cm³/mol. The molecule has 2 aliphatic rings. The summed E-state index contributed by atoms with van der Waals surface area (Å²) in [6.07, 6.45) is 9.93. The van der Waals surface area contributed by atoms with Crippen LogP contribution in [0.15, 0.2) is 109 Å². The van der Waals surface area contributed by atoms with Crippen molar-refractivity contribution in [3.63, 3.8) is 0 Å². The normalized spacial score (nSPS) is 16.3. The Hall–Kier alpha value is -2.57. The summed E-state index contributed by atoms with van der Waals surface area (Å²) in [5, 5.41) is 5.57. The Labute approximate surface area is 245 Å². The van der Waals surface area contributed by atoms with E-state index in [0.717, 1.165) is 0 Å². The van der Waals surface area contributed by atoms with Gasteiger partial charge < -0.3 is 24.8 Å². The van der Waals surface area contributed by atoms with Crippen molar-refractivity contribution in [2.75, 3.05) is 0 Å². The molecular formula is C35H28Cl2Zr. The first-order valence-electron chi connectivity index (χ1n) is 12.9. The fraction of sp³-hybridized carbons (Fsp3) is 0.114. The number of fused-ring (bicyclic) bond motifs is 6. The molecular weight excluding hydrogens is 583 g/mol. The second-order valence-electron chi connectivity index (χ2n) is 10.3. The van der Waals surface area contributed by atoms with Gasteiger partial charge in [-0.3, -0.25) is 0 Å². The number of rotatable bonds is 3. The molecule has 0 fully saturated rings. The summed E-state index contributed by atoms with van der Waals surface area (Å²) in [7, 11) is 0. The number of allylic oxidation sites excluding steroid dienone is 2. The molecule has 0 bridgehead atoms. The molecule has 2 atom stereocenters. The van der Waals surface area contributed by atoms with E-state index in [1.165, 1.54) is 43.8 Å². The van der Waals surface area contributed by atoms with Gasteiger partial charge in [-0.2, -0.15) is 0 Å². The SMILES string of the molecule is C[C](C)=[Zr+2]([CH]1C=Cc2c(-c3ccccc3)cccc21)[CH]1C=Cc2ccc3ccc4ccccc4c3c21.[Cl-].[Cl-]. The maximum Gasteiger partial charge on any atom is -1.00 e. The standard InChI is InChI=1S/C17H11.C15H11.C3H6.2ClH.Zr/c1-2-6-15-12(4-1)8-10-14-11-9-13-5-3-7-16(13)17(14)15;1-2-6-12(7-3-1)14-10-4-8-13-9-5-11-15(13)14;1-3-2;;;/h1-11H;1-11H;1-2H3;2*1H;/q;;;;;+2/p-2. The van der Waals surface area contributed by atoms with Crippen LogP contribution in [-0.4, -0.2) is 3.21 Å². The van der Waals surface area contributed by atoms with Gasteiger partial charge >= 0.3 is 222 Å². The van der Waals surface area contributed by atoms with Gasteiger partial charge in [0, 0.05) is 0 Å². The van der Waals surface area contributed by atoms with Crippen molar-refractivity contribution in [1.82, 2.24) is 0 Å². The summed E-state index contributed by atoms with van der Waals surface area (Å²) in [6, 6.07) is 36.0. The Morgan fingerprint density at radius 1 is 0.632 bits per heavy atom. The Balaban J connectivity index is 0.00000147. The van der Waals surface area contributed by atoms with E-state index in [0.29, 0.717) is 7.25 Å². The topological polar surface area (TPSA) is 0 Å². The molecule has 0 saturated heterocycles. The van der Waals surface area contributed by atoms with Crippen molar-refractivity contribution >= 4 is 36.9 Å². The number of halogens is 2. The van der Waals surface area contributed by atoms with Gasteiger partial charge in [-0.15, -0.1) is 0 Å². The molecule has 186 valence electrons. The Kier molecular flexibility index (Phi) is 7.75. The third-order valence-electron chi connectivity index (χ3n) is 8.03.